The Hall–Kier alpha value is -3.48. The molecule has 0 fully saturated rings. The molecule has 0 aromatic heterocycles. The van der Waals surface area contributed by atoms with Crippen molar-refractivity contribution in [2.75, 3.05) is 6.61 Å². The second-order valence-electron chi connectivity index (χ2n) is 8.66. The van der Waals surface area contributed by atoms with Crippen molar-refractivity contribution in [1.82, 2.24) is 5.32 Å². The van der Waals surface area contributed by atoms with Crippen LogP contribution in [0.15, 0.2) is 54.1 Å². The lowest BCUT2D eigenvalue weighted by Gasteiger charge is -2.40. The molecule has 2 aromatic carbocycles. The van der Waals surface area contributed by atoms with Crippen molar-refractivity contribution in [1.29, 1.82) is 5.26 Å². The van der Waals surface area contributed by atoms with Gasteiger partial charge in [-0.1, -0.05) is 42.0 Å². The number of rotatable bonds is 8. The fourth-order valence-corrected chi connectivity index (χ4v) is 4.05. The van der Waals surface area contributed by atoms with Gasteiger partial charge in [0, 0.05) is 12.8 Å². The zero-order chi connectivity index (χ0) is 26.6. The molecule has 0 unspecified atom stereocenters. The standard InChI is InChI=1S/C26H24F6N2O2/c1-17-5-7-18(8-6-17)21-15-24(26(30,31)32,34-23(35)22(21)16-33)19-9-11-20(12-10-19)36-14-4-2-3-13-25(27,28)29/h5-12H,2-4,13-15H2,1H3,(H,34,35)/t24-/m0/s1. The Morgan fingerprint density at radius 3 is 2.17 bits per heavy atom. The van der Waals surface area contributed by atoms with Gasteiger partial charge in [0.25, 0.3) is 5.91 Å². The number of hydrogen-bond acceptors (Lipinski definition) is 3. The number of aryl methyl sites for hydroxylation is 1. The van der Waals surface area contributed by atoms with Gasteiger partial charge in [-0.2, -0.15) is 31.6 Å². The van der Waals surface area contributed by atoms with E-state index in [0.29, 0.717) is 18.4 Å². The summed E-state index contributed by atoms with van der Waals surface area (Å²) in [5, 5.41) is 11.5. The lowest BCUT2D eigenvalue weighted by Crippen LogP contribution is -2.58. The van der Waals surface area contributed by atoms with Crippen molar-refractivity contribution in [2.45, 2.75) is 56.9 Å². The van der Waals surface area contributed by atoms with E-state index in [-0.39, 0.29) is 35.5 Å². The van der Waals surface area contributed by atoms with Crippen molar-refractivity contribution in [2.24, 2.45) is 0 Å². The number of hydrogen-bond donors (Lipinski definition) is 1. The van der Waals surface area contributed by atoms with Gasteiger partial charge in [-0.05, 0) is 55.0 Å². The summed E-state index contributed by atoms with van der Waals surface area (Å²) in [6.07, 6.45) is -10.0. The van der Waals surface area contributed by atoms with Crippen LogP contribution in [0.3, 0.4) is 0 Å². The van der Waals surface area contributed by atoms with E-state index in [0.717, 1.165) is 5.56 Å². The summed E-state index contributed by atoms with van der Waals surface area (Å²) < 4.78 is 85.5. The SMILES string of the molecule is Cc1ccc(C2=C(C#N)C(=O)N[C@@](c3ccc(OCCCCCC(F)(F)F)cc3)(C(F)(F)F)C2)cc1. The van der Waals surface area contributed by atoms with Crippen LogP contribution >= 0.6 is 0 Å². The van der Waals surface area contributed by atoms with Gasteiger partial charge in [0.2, 0.25) is 0 Å². The van der Waals surface area contributed by atoms with Crippen LogP contribution in [-0.2, 0) is 10.3 Å². The minimum absolute atomic E-state index is 0.00208. The molecule has 0 bridgehead atoms. The zero-order valence-electron chi connectivity index (χ0n) is 19.4. The summed E-state index contributed by atoms with van der Waals surface area (Å²) in [6, 6.07) is 13.3. The first-order valence-corrected chi connectivity index (χ1v) is 11.3. The first-order chi connectivity index (χ1) is 16.9. The molecule has 4 nitrogen and oxygen atoms in total. The summed E-state index contributed by atoms with van der Waals surface area (Å²) in [5.74, 6) is -0.864. The van der Waals surface area contributed by atoms with E-state index >= 15 is 0 Å². The maximum atomic E-state index is 14.5. The molecule has 0 radical (unpaired) electrons. The van der Waals surface area contributed by atoms with Crippen molar-refractivity contribution in [3.05, 3.63) is 70.8 Å². The third kappa shape index (κ3) is 6.20. The van der Waals surface area contributed by atoms with Crippen LogP contribution < -0.4 is 10.1 Å². The maximum absolute atomic E-state index is 14.5. The summed E-state index contributed by atoms with van der Waals surface area (Å²) in [4.78, 5) is 12.7. The highest BCUT2D eigenvalue weighted by Crippen LogP contribution is 2.48. The van der Waals surface area contributed by atoms with Crippen LogP contribution in [0.1, 0.15) is 48.8 Å². The van der Waals surface area contributed by atoms with E-state index in [1.807, 2.05) is 12.2 Å². The lowest BCUT2D eigenvalue weighted by molar-refractivity contribution is -0.201. The van der Waals surface area contributed by atoms with E-state index in [1.54, 1.807) is 30.3 Å². The third-order valence-electron chi connectivity index (χ3n) is 6.01. The van der Waals surface area contributed by atoms with Crippen LogP contribution in [0.5, 0.6) is 5.75 Å². The Morgan fingerprint density at radius 1 is 0.972 bits per heavy atom. The number of halogens is 6. The third-order valence-corrected chi connectivity index (χ3v) is 6.01. The Kier molecular flexibility index (Phi) is 8.02. The predicted molar refractivity (Wildman–Crippen MR) is 121 cm³/mol. The van der Waals surface area contributed by atoms with E-state index < -0.39 is 36.6 Å². The topological polar surface area (TPSA) is 62.1 Å². The van der Waals surface area contributed by atoms with E-state index in [1.165, 1.54) is 24.3 Å². The molecule has 1 aliphatic rings. The van der Waals surface area contributed by atoms with Crippen LogP contribution in [0, 0.1) is 18.3 Å². The normalized spacial score (nSPS) is 18.6. The van der Waals surface area contributed by atoms with Gasteiger partial charge in [-0.25, -0.2) is 0 Å². The maximum Gasteiger partial charge on any atom is 0.416 e. The average Bonchev–Trinajstić information content (AvgIpc) is 2.80. The molecular weight excluding hydrogens is 486 g/mol. The number of unbranched alkanes of at least 4 members (excludes halogenated alkanes) is 2. The van der Waals surface area contributed by atoms with Crippen LogP contribution in [0.4, 0.5) is 26.3 Å². The minimum atomic E-state index is -4.89. The number of benzene rings is 2. The lowest BCUT2D eigenvalue weighted by atomic mass is 9.76. The summed E-state index contributed by atoms with van der Waals surface area (Å²) in [6.45, 7) is 1.92. The van der Waals surface area contributed by atoms with E-state index in [2.05, 4.69) is 0 Å². The molecule has 36 heavy (non-hydrogen) atoms. The van der Waals surface area contributed by atoms with Gasteiger partial charge < -0.3 is 10.1 Å². The smallest absolute Gasteiger partial charge is 0.416 e. The predicted octanol–water partition coefficient (Wildman–Crippen LogP) is 6.75. The summed E-state index contributed by atoms with van der Waals surface area (Å²) >= 11 is 0. The molecule has 1 atom stereocenters. The number of ether oxygens (including phenoxy) is 1. The number of nitriles is 1. The van der Waals surface area contributed by atoms with Gasteiger partial charge in [-0.15, -0.1) is 0 Å². The molecule has 0 spiro atoms. The largest absolute Gasteiger partial charge is 0.494 e. The van der Waals surface area contributed by atoms with Gasteiger partial charge in [0.15, 0.2) is 5.54 Å². The molecule has 3 rings (SSSR count). The van der Waals surface area contributed by atoms with Crippen molar-refractivity contribution in [3.63, 3.8) is 0 Å². The van der Waals surface area contributed by atoms with Crippen molar-refractivity contribution in [3.8, 4) is 11.8 Å². The Labute approximate surface area is 204 Å². The average molecular weight is 510 g/mol. The number of carbonyl (C=O) groups is 1. The van der Waals surface area contributed by atoms with E-state index in [9.17, 15) is 36.4 Å². The molecule has 10 heteroatoms. The molecule has 192 valence electrons. The molecule has 2 aromatic rings. The molecule has 0 aliphatic carbocycles. The highest BCUT2D eigenvalue weighted by atomic mass is 19.4. The van der Waals surface area contributed by atoms with Crippen molar-refractivity contribution < 1.29 is 35.9 Å². The minimum Gasteiger partial charge on any atom is -0.494 e. The van der Waals surface area contributed by atoms with Gasteiger partial charge in [0.05, 0.1) is 6.61 Å². The number of nitrogens with zero attached hydrogens (tertiary/aromatic N) is 1. The van der Waals surface area contributed by atoms with Gasteiger partial charge in [-0.3, -0.25) is 4.79 Å². The van der Waals surface area contributed by atoms with Crippen LogP contribution in [0.2, 0.25) is 0 Å². The van der Waals surface area contributed by atoms with Crippen LogP contribution in [-0.4, -0.2) is 24.9 Å². The zero-order valence-corrected chi connectivity index (χ0v) is 19.4. The monoisotopic (exact) mass is 510 g/mol. The first kappa shape index (κ1) is 27.1. The molecular formula is C26H24F6N2O2. The Balaban J connectivity index is 1.81. The summed E-state index contributed by atoms with van der Waals surface area (Å²) in [7, 11) is 0. The number of amides is 1. The first-order valence-electron chi connectivity index (χ1n) is 11.3. The van der Waals surface area contributed by atoms with Crippen LogP contribution in [0.25, 0.3) is 5.57 Å². The highest BCUT2D eigenvalue weighted by molar-refractivity contribution is 6.07. The van der Waals surface area contributed by atoms with E-state index in [4.69, 9.17) is 4.74 Å². The molecule has 1 N–H and O–H groups in total. The highest BCUT2D eigenvalue weighted by Gasteiger charge is 2.59. The molecule has 1 heterocycles. The number of alkyl halides is 6. The van der Waals surface area contributed by atoms with Gasteiger partial charge in [0.1, 0.15) is 17.4 Å². The second kappa shape index (κ2) is 10.6. The molecule has 0 saturated heterocycles. The quantitative estimate of drug-likeness (QED) is 0.316. The van der Waals surface area contributed by atoms with Gasteiger partial charge >= 0.3 is 12.4 Å². The molecule has 1 amide bonds. The molecule has 0 saturated carbocycles. The molecule has 1 aliphatic heterocycles. The Morgan fingerprint density at radius 2 is 1.61 bits per heavy atom. The number of nitrogens with one attached hydrogen (secondary N) is 1. The second-order valence-corrected chi connectivity index (χ2v) is 8.66. The summed E-state index contributed by atoms with van der Waals surface area (Å²) in [5.41, 5.74) is -2.15. The van der Waals surface area contributed by atoms with Crippen molar-refractivity contribution >= 4 is 11.5 Å². The fraction of sp³-hybridized carbons (Fsp3) is 0.385. The Bertz CT molecular complexity index is 1150. The number of carbonyl (C=O) groups excluding carboxylic acids is 1. The fourth-order valence-electron chi connectivity index (χ4n) is 4.05.